The van der Waals surface area contributed by atoms with E-state index in [4.69, 9.17) is 0 Å². The van der Waals surface area contributed by atoms with Crippen molar-refractivity contribution >= 4 is 41.6 Å². The van der Waals surface area contributed by atoms with Crippen molar-refractivity contribution in [2.24, 2.45) is 18.9 Å². The van der Waals surface area contributed by atoms with Crippen LogP contribution in [0.3, 0.4) is 0 Å². The maximum absolute atomic E-state index is 13.0. The summed E-state index contributed by atoms with van der Waals surface area (Å²) in [6.45, 7) is 3.90. The van der Waals surface area contributed by atoms with Gasteiger partial charge >= 0.3 is 0 Å². The molecule has 3 saturated heterocycles. The van der Waals surface area contributed by atoms with E-state index < -0.39 is 0 Å². The second kappa shape index (κ2) is 9.90. The molecular formula is C23H32Cl2N4O2. The number of amides is 1. The average molecular weight is 467 g/mol. The van der Waals surface area contributed by atoms with Crippen molar-refractivity contribution in [2.75, 3.05) is 26.2 Å². The molecule has 6 nitrogen and oxygen atoms in total. The van der Waals surface area contributed by atoms with Crippen molar-refractivity contribution in [3.63, 3.8) is 0 Å². The van der Waals surface area contributed by atoms with Gasteiger partial charge in [-0.1, -0.05) is 24.6 Å². The Morgan fingerprint density at radius 1 is 1.16 bits per heavy atom. The monoisotopic (exact) mass is 466 g/mol. The highest BCUT2D eigenvalue weighted by Gasteiger charge is 2.45. The van der Waals surface area contributed by atoms with E-state index in [1.807, 2.05) is 24.3 Å². The fourth-order valence-electron chi connectivity index (χ4n) is 5.93. The van der Waals surface area contributed by atoms with E-state index in [2.05, 4.69) is 15.5 Å². The van der Waals surface area contributed by atoms with E-state index in [9.17, 15) is 9.59 Å². The van der Waals surface area contributed by atoms with E-state index in [-0.39, 0.29) is 41.8 Å². The van der Waals surface area contributed by atoms with Gasteiger partial charge in [-0.15, -0.1) is 24.8 Å². The van der Waals surface area contributed by atoms with Crippen LogP contribution in [-0.4, -0.2) is 53.6 Å². The van der Waals surface area contributed by atoms with E-state index in [0.29, 0.717) is 24.5 Å². The number of pyridine rings is 1. The van der Waals surface area contributed by atoms with Crippen LogP contribution in [-0.2, 0) is 7.05 Å². The molecule has 4 atom stereocenters. The summed E-state index contributed by atoms with van der Waals surface area (Å²) in [6, 6.07) is 10.4. The Hall–Kier alpha value is -1.60. The number of benzene rings is 1. The highest BCUT2D eigenvalue weighted by atomic mass is 35.5. The van der Waals surface area contributed by atoms with Crippen molar-refractivity contribution < 1.29 is 4.79 Å². The lowest BCUT2D eigenvalue weighted by Gasteiger charge is -2.55. The number of hydrogen-bond donors (Lipinski definition) is 2. The first-order valence-corrected chi connectivity index (χ1v) is 11.0. The van der Waals surface area contributed by atoms with Crippen LogP contribution in [0.25, 0.3) is 10.9 Å². The first kappa shape index (κ1) is 24.1. The fraction of sp³-hybridized carbons (Fsp3) is 0.565. The predicted octanol–water partition coefficient (Wildman–Crippen LogP) is 2.57. The maximum atomic E-state index is 13.0. The first-order chi connectivity index (χ1) is 14.1. The molecule has 3 fully saturated rings. The molecule has 0 saturated carbocycles. The molecule has 31 heavy (non-hydrogen) atoms. The molecule has 5 rings (SSSR count). The zero-order valence-electron chi connectivity index (χ0n) is 17.9. The Kier molecular flexibility index (Phi) is 7.68. The van der Waals surface area contributed by atoms with Crippen LogP contribution in [0.15, 0.2) is 35.1 Å². The average Bonchev–Trinajstić information content (AvgIpc) is 2.76. The minimum Gasteiger partial charge on any atom is -0.350 e. The van der Waals surface area contributed by atoms with Crippen LogP contribution in [0, 0.1) is 11.8 Å². The topological polar surface area (TPSA) is 66.4 Å². The number of halogens is 2. The van der Waals surface area contributed by atoms with Gasteiger partial charge in [0.1, 0.15) is 5.56 Å². The highest BCUT2D eigenvalue weighted by molar-refractivity contribution is 5.97. The molecule has 0 aliphatic carbocycles. The first-order valence-electron chi connectivity index (χ1n) is 11.0. The number of hydrogen-bond acceptors (Lipinski definition) is 4. The molecule has 3 aliphatic rings. The summed E-state index contributed by atoms with van der Waals surface area (Å²) in [7, 11) is 1.73. The normalized spacial score (nSPS) is 27.5. The van der Waals surface area contributed by atoms with Gasteiger partial charge in [-0.05, 0) is 68.3 Å². The van der Waals surface area contributed by atoms with Crippen LogP contribution < -0.4 is 16.2 Å². The third-order valence-electron chi connectivity index (χ3n) is 7.37. The molecule has 4 heterocycles. The number of nitrogens with zero attached hydrogens (tertiary/aromatic N) is 2. The van der Waals surface area contributed by atoms with Crippen molar-refractivity contribution in [3.05, 3.63) is 46.2 Å². The molecule has 2 bridgehead atoms. The highest BCUT2D eigenvalue weighted by Crippen LogP contribution is 2.38. The van der Waals surface area contributed by atoms with Gasteiger partial charge in [0.15, 0.2) is 0 Å². The number of aryl methyl sites for hydroxylation is 1. The minimum absolute atomic E-state index is 0. The van der Waals surface area contributed by atoms with E-state index >= 15 is 0 Å². The molecular weight excluding hydrogens is 435 g/mol. The van der Waals surface area contributed by atoms with Gasteiger partial charge in [0.2, 0.25) is 0 Å². The Balaban J connectivity index is 0.00000136. The Labute approximate surface area is 195 Å². The van der Waals surface area contributed by atoms with Gasteiger partial charge in [-0.3, -0.25) is 14.5 Å². The van der Waals surface area contributed by atoms with E-state index in [1.54, 1.807) is 17.7 Å². The zero-order chi connectivity index (χ0) is 20.0. The second-order valence-electron chi connectivity index (χ2n) is 8.97. The molecule has 8 heteroatoms. The SMILES string of the molecule is Cl.Cl.Cn1c(=O)c(C(=O)NC[C@H]2[C@@H]3CNC[C@@H](C3)[C@@H]3CCCCN32)cc2ccccc21. The van der Waals surface area contributed by atoms with Crippen molar-refractivity contribution in [2.45, 2.75) is 37.8 Å². The van der Waals surface area contributed by atoms with Crippen molar-refractivity contribution in [3.8, 4) is 0 Å². The quantitative estimate of drug-likeness (QED) is 0.729. The number of nitrogens with one attached hydrogen (secondary N) is 2. The summed E-state index contributed by atoms with van der Waals surface area (Å²) >= 11 is 0. The fourth-order valence-corrected chi connectivity index (χ4v) is 5.93. The summed E-state index contributed by atoms with van der Waals surface area (Å²) in [5, 5.41) is 7.64. The lowest BCUT2D eigenvalue weighted by atomic mass is 9.73. The number of piperidine rings is 3. The van der Waals surface area contributed by atoms with Crippen molar-refractivity contribution in [1.82, 2.24) is 20.1 Å². The zero-order valence-corrected chi connectivity index (χ0v) is 19.5. The van der Waals surface area contributed by atoms with Gasteiger partial charge in [-0.25, -0.2) is 0 Å². The van der Waals surface area contributed by atoms with Gasteiger partial charge in [0.25, 0.3) is 11.5 Å². The molecule has 0 unspecified atom stereocenters. The largest absolute Gasteiger partial charge is 0.350 e. The number of para-hydroxylation sites is 1. The van der Waals surface area contributed by atoms with Crippen LogP contribution in [0.4, 0.5) is 0 Å². The van der Waals surface area contributed by atoms with Crippen LogP contribution >= 0.6 is 24.8 Å². The van der Waals surface area contributed by atoms with Gasteiger partial charge in [-0.2, -0.15) is 0 Å². The minimum atomic E-state index is -0.254. The van der Waals surface area contributed by atoms with E-state index in [1.165, 1.54) is 25.7 Å². The lowest BCUT2D eigenvalue weighted by Crippen LogP contribution is -2.65. The number of aromatic nitrogens is 1. The summed E-state index contributed by atoms with van der Waals surface area (Å²) < 4.78 is 1.57. The number of carbonyl (C=O) groups is 1. The third kappa shape index (κ3) is 4.36. The molecule has 0 radical (unpaired) electrons. The Bertz CT molecular complexity index is 995. The third-order valence-corrected chi connectivity index (χ3v) is 7.37. The molecule has 1 amide bonds. The molecule has 0 spiro atoms. The maximum Gasteiger partial charge on any atom is 0.263 e. The Morgan fingerprint density at radius 3 is 2.77 bits per heavy atom. The standard InChI is InChI=1S/C23H30N4O2.2ClH/c1-26-19-7-3-2-6-15(19)11-18(23(26)29)22(28)25-14-21-17-10-16(12-24-13-17)20-8-4-5-9-27(20)21;;/h2-3,6-7,11,16-17,20-21,24H,4-5,8-10,12-14H2,1H3,(H,25,28);2*1H/t16-,17+,20+,21+;;/m1../s1. The van der Waals surface area contributed by atoms with Crippen LogP contribution in [0.1, 0.15) is 36.0 Å². The lowest BCUT2D eigenvalue weighted by molar-refractivity contribution is -0.0371. The van der Waals surface area contributed by atoms with Crippen LogP contribution in [0.2, 0.25) is 0 Å². The van der Waals surface area contributed by atoms with Crippen molar-refractivity contribution in [1.29, 1.82) is 0 Å². The van der Waals surface area contributed by atoms with Crippen LogP contribution in [0.5, 0.6) is 0 Å². The van der Waals surface area contributed by atoms with Gasteiger partial charge < -0.3 is 15.2 Å². The predicted molar refractivity (Wildman–Crippen MR) is 129 cm³/mol. The number of rotatable bonds is 3. The number of carbonyl (C=O) groups excluding carboxylic acids is 1. The molecule has 2 N–H and O–H groups in total. The smallest absolute Gasteiger partial charge is 0.263 e. The molecule has 170 valence electrons. The summed E-state index contributed by atoms with van der Waals surface area (Å²) in [5.74, 6) is 1.06. The van der Waals surface area contributed by atoms with Gasteiger partial charge in [0.05, 0.1) is 5.52 Å². The molecule has 1 aromatic carbocycles. The number of fused-ring (bicyclic) bond motifs is 5. The molecule has 1 aromatic heterocycles. The Morgan fingerprint density at radius 2 is 1.94 bits per heavy atom. The second-order valence-corrected chi connectivity index (χ2v) is 8.97. The summed E-state index contributed by atoms with van der Waals surface area (Å²) in [6.07, 6.45) is 5.09. The van der Waals surface area contributed by atoms with E-state index in [0.717, 1.165) is 36.5 Å². The molecule has 2 aromatic rings. The summed E-state index contributed by atoms with van der Waals surface area (Å²) in [4.78, 5) is 28.4. The summed E-state index contributed by atoms with van der Waals surface area (Å²) in [5.41, 5.74) is 0.841. The molecule has 3 aliphatic heterocycles. The van der Waals surface area contributed by atoms with Gasteiger partial charge in [0, 0.05) is 25.7 Å².